The molecule has 6 nitrogen and oxygen atoms in total. The van der Waals surface area contributed by atoms with Gasteiger partial charge in [-0.2, -0.15) is 0 Å². The number of rotatable bonds is 4. The van der Waals surface area contributed by atoms with Crippen LogP contribution in [0, 0.1) is 0 Å². The average molecular weight is 252 g/mol. The van der Waals surface area contributed by atoms with E-state index in [2.05, 4.69) is 5.32 Å². The van der Waals surface area contributed by atoms with Gasteiger partial charge in [-0.05, 0) is 25.1 Å². The first-order valence-electron chi connectivity index (χ1n) is 5.44. The highest BCUT2D eigenvalue weighted by Crippen LogP contribution is 2.23. The predicted octanol–water partition coefficient (Wildman–Crippen LogP) is 2.02. The number of amides is 1. The van der Waals surface area contributed by atoms with Crippen LogP contribution in [0.2, 0.25) is 0 Å². The molecule has 0 saturated carbocycles. The van der Waals surface area contributed by atoms with E-state index in [1.807, 2.05) is 19.0 Å². The molecule has 1 aromatic carbocycles. The van der Waals surface area contributed by atoms with E-state index in [-0.39, 0.29) is 17.9 Å². The second-order valence-corrected chi connectivity index (χ2v) is 3.77. The molecule has 2 N–H and O–H groups in total. The number of nitrogens with zero attached hydrogens (tertiary/aromatic N) is 1. The zero-order chi connectivity index (χ0) is 13.7. The molecular formula is C12H16N2O4. The summed E-state index contributed by atoms with van der Waals surface area (Å²) in [5.74, 6) is -1.10. The molecule has 1 rings (SSSR count). The maximum Gasteiger partial charge on any atom is 0.411 e. The van der Waals surface area contributed by atoms with Gasteiger partial charge < -0.3 is 14.7 Å². The topological polar surface area (TPSA) is 78.9 Å². The van der Waals surface area contributed by atoms with Crippen LogP contribution in [0.5, 0.6) is 0 Å². The van der Waals surface area contributed by atoms with Crippen LogP contribution in [0.3, 0.4) is 0 Å². The minimum absolute atomic E-state index is 0.0219. The number of hydrogen-bond acceptors (Lipinski definition) is 4. The van der Waals surface area contributed by atoms with Crippen molar-refractivity contribution in [2.45, 2.75) is 6.92 Å². The van der Waals surface area contributed by atoms with Crippen LogP contribution in [0.25, 0.3) is 0 Å². The lowest BCUT2D eigenvalue weighted by atomic mass is 10.1. The number of anilines is 2. The fourth-order valence-electron chi connectivity index (χ4n) is 1.38. The molecule has 0 atom stereocenters. The molecule has 0 aliphatic carbocycles. The Hall–Kier alpha value is -2.24. The first-order chi connectivity index (χ1) is 8.45. The van der Waals surface area contributed by atoms with Crippen molar-refractivity contribution in [2.75, 3.05) is 30.9 Å². The molecule has 0 aliphatic rings. The molecular weight excluding hydrogens is 236 g/mol. The Morgan fingerprint density at radius 3 is 2.56 bits per heavy atom. The van der Waals surface area contributed by atoms with E-state index in [1.54, 1.807) is 19.1 Å². The second kappa shape index (κ2) is 5.90. The van der Waals surface area contributed by atoms with Crippen LogP contribution in [0.4, 0.5) is 16.2 Å². The molecule has 0 fully saturated rings. The Bertz CT molecular complexity index is 457. The molecule has 0 heterocycles. The van der Waals surface area contributed by atoms with Gasteiger partial charge in [0.05, 0.1) is 17.9 Å². The summed E-state index contributed by atoms with van der Waals surface area (Å²) < 4.78 is 4.72. The summed E-state index contributed by atoms with van der Waals surface area (Å²) in [5.41, 5.74) is 1.02. The SMILES string of the molecule is CCOC(=O)Nc1cc(N(C)C)ccc1C(=O)O. The predicted molar refractivity (Wildman–Crippen MR) is 68.4 cm³/mol. The fourth-order valence-corrected chi connectivity index (χ4v) is 1.38. The molecule has 0 aliphatic heterocycles. The highest BCUT2D eigenvalue weighted by Gasteiger charge is 2.14. The third-order valence-electron chi connectivity index (χ3n) is 2.26. The molecule has 6 heteroatoms. The van der Waals surface area contributed by atoms with E-state index in [0.29, 0.717) is 0 Å². The fraction of sp³-hybridized carbons (Fsp3) is 0.333. The van der Waals surface area contributed by atoms with Gasteiger partial charge in [-0.25, -0.2) is 9.59 Å². The molecule has 0 unspecified atom stereocenters. The Kier molecular flexibility index (Phi) is 4.53. The summed E-state index contributed by atoms with van der Waals surface area (Å²) in [6.45, 7) is 1.90. The number of nitrogens with one attached hydrogen (secondary N) is 1. The Morgan fingerprint density at radius 2 is 2.06 bits per heavy atom. The lowest BCUT2D eigenvalue weighted by molar-refractivity contribution is 0.0698. The van der Waals surface area contributed by atoms with Crippen LogP contribution in [0.1, 0.15) is 17.3 Å². The maximum atomic E-state index is 11.3. The highest BCUT2D eigenvalue weighted by atomic mass is 16.5. The van der Waals surface area contributed by atoms with Gasteiger partial charge in [-0.3, -0.25) is 5.32 Å². The van der Waals surface area contributed by atoms with Gasteiger partial charge in [0.15, 0.2) is 0 Å². The van der Waals surface area contributed by atoms with Gasteiger partial charge >= 0.3 is 12.1 Å². The lowest BCUT2D eigenvalue weighted by Crippen LogP contribution is -2.17. The van der Waals surface area contributed by atoms with Crippen molar-refractivity contribution in [3.63, 3.8) is 0 Å². The van der Waals surface area contributed by atoms with Gasteiger partial charge in [-0.1, -0.05) is 0 Å². The standard InChI is InChI=1S/C12H16N2O4/c1-4-18-12(17)13-10-7-8(14(2)3)5-6-9(10)11(15)16/h5-7H,4H2,1-3H3,(H,13,17)(H,15,16). The van der Waals surface area contributed by atoms with E-state index < -0.39 is 12.1 Å². The van der Waals surface area contributed by atoms with Crippen molar-refractivity contribution in [3.8, 4) is 0 Å². The molecule has 0 bridgehead atoms. The van der Waals surface area contributed by atoms with Crippen LogP contribution < -0.4 is 10.2 Å². The third-order valence-corrected chi connectivity index (χ3v) is 2.26. The molecule has 0 aromatic heterocycles. The van der Waals surface area contributed by atoms with Crippen molar-refractivity contribution in [3.05, 3.63) is 23.8 Å². The smallest absolute Gasteiger partial charge is 0.411 e. The number of benzene rings is 1. The molecule has 0 radical (unpaired) electrons. The molecule has 0 spiro atoms. The lowest BCUT2D eigenvalue weighted by Gasteiger charge is -2.15. The number of carboxylic acid groups (broad SMARTS) is 1. The van der Waals surface area contributed by atoms with E-state index in [1.165, 1.54) is 6.07 Å². The largest absolute Gasteiger partial charge is 0.478 e. The van der Waals surface area contributed by atoms with E-state index >= 15 is 0 Å². The monoisotopic (exact) mass is 252 g/mol. The quantitative estimate of drug-likeness (QED) is 0.857. The first-order valence-corrected chi connectivity index (χ1v) is 5.44. The number of carboxylic acids is 1. The van der Waals surface area contributed by atoms with Crippen LogP contribution in [-0.2, 0) is 4.74 Å². The highest BCUT2D eigenvalue weighted by molar-refractivity contribution is 5.99. The summed E-state index contributed by atoms with van der Waals surface area (Å²) in [6.07, 6.45) is -0.670. The van der Waals surface area contributed by atoms with E-state index in [4.69, 9.17) is 9.84 Å². The van der Waals surface area contributed by atoms with Gasteiger partial charge in [0, 0.05) is 19.8 Å². The maximum absolute atomic E-state index is 11.3. The van der Waals surface area contributed by atoms with E-state index in [9.17, 15) is 9.59 Å². The van der Waals surface area contributed by atoms with Crippen LogP contribution in [0.15, 0.2) is 18.2 Å². The molecule has 98 valence electrons. The minimum Gasteiger partial charge on any atom is -0.478 e. The number of carbonyl (C=O) groups excluding carboxylic acids is 1. The Balaban J connectivity index is 3.07. The summed E-state index contributed by atoms with van der Waals surface area (Å²) in [5, 5.41) is 11.5. The molecule has 18 heavy (non-hydrogen) atoms. The van der Waals surface area contributed by atoms with Crippen molar-refractivity contribution >= 4 is 23.4 Å². The van der Waals surface area contributed by atoms with Crippen molar-refractivity contribution < 1.29 is 19.4 Å². The average Bonchev–Trinajstić information content (AvgIpc) is 2.28. The number of ether oxygens (including phenoxy) is 1. The summed E-state index contributed by atoms with van der Waals surface area (Å²) in [7, 11) is 3.65. The summed E-state index contributed by atoms with van der Waals surface area (Å²) >= 11 is 0. The van der Waals surface area contributed by atoms with Gasteiger partial charge in [0.1, 0.15) is 0 Å². The van der Waals surface area contributed by atoms with Gasteiger partial charge in [-0.15, -0.1) is 0 Å². The normalized spacial score (nSPS) is 9.72. The number of hydrogen-bond donors (Lipinski definition) is 2. The Labute approximate surface area is 105 Å². The van der Waals surface area contributed by atoms with Gasteiger partial charge in [0.25, 0.3) is 0 Å². The number of carbonyl (C=O) groups is 2. The molecule has 0 saturated heterocycles. The van der Waals surface area contributed by atoms with Crippen LogP contribution in [-0.4, -0.2) is 37.9 Å². The van der Waals surface area contributed by atoms with Crippen molar-refractivity contribution in [2.24, 2.45) is 0 Å². The zero-order valence-electron chi connectivity index (χ0n) is 10.6. The zero-order valence-corrected chi connectivity index (χ0v) is 10.6. The van der Waals surface area contributed by atoms with Crippen molar-refractivity contribution in [1.29, 1.82) is 0 Å². The third kappa shape index (κ3) is 3.38. The second-order valence-electron chi connectivity index (χ2n) is 3.77. The first kappa shape index (κ1) is 13.8. The van der Waals surface area contributed by atoms with Gasteiger partial charge in [0.2, 0.25) is 0 Å². The molecule has 1 aromatic rings. The minimum atomic E-state index is -1.10. The molecule has 1 amide bonds. The van der Waals surface area contributed by atoms with Crippen LogP contribution >= 0.6 is 0 Å². The van der Waals surface area contributed by atoms with E-state index in [0.717, 1.165) is 5.69 Å². The number of aromatic carboxylic acids is 1. The van der Waals surface area contributed by atoms with Crippen molar-refractivity contribution in [1.82, 2.24) is 0 Å². The summed E-state index contributed by atoms with van der Waals surface area (Å²) in [6, 6.07) is 4.69. The Morgan fingerprint density at radius 1 is 1.39 bits per heavy atom. The summed E-state index contributed by atoms with van der Waals surface area (Å²) in [4.78, 5) is 24.2.